The highest BCUT2D eigenvalue weighted by Crippen LogP contribution is 2.29. The zero-order chi connectivity index (χ0) is 22.5. The van der Waals surface area contributed by atoms with Crippen molar-refractivity contribution in [3.8, 4) is 22.8 Å². The van der Waals surface area contributed by atoms with Crippen LogP contribution in [0.1, 0.15) is 22.8 Å². The van der Waals surface area contributed by atoms with Gasteiger partial charge in [-0.15, -0.1) is 10.2 Å². The second-order valence-corrected chi connectivity index (χ2v) is 8.53. The van der Waals surface area contributed by atoms with Gasteiger partial charge < -0.3 is 4.74 Å². The maximum absolute atomic E-state index is 12.7. The first-order valence-corrected chi connectivity index (χ1v) is 11.6. The summed E-state index contributed by atoms with van der Waals surface area (Å²) in [5, 5.41) is 10.1. The minimum atomic E-state index is 0.00444. The van der Waals surface area contributed by atoms with Crippen molar-refractivity contribution in [2.75, 3.05) is 12.4 Å². The summed E-state index contributed by atoms with van der Waals surface area (Å²) in [6.07, 6.45) is 0. The molecule has 0 saturated carbocycles. The smallest absolute Gasteiger partial charge is 0.196 e. The van der Waals surface area contributed by atoms with Gasteiger partial charge in [-0.25, -0.2) is 0 Å². The third kappa shape index (κ3) is 5.03. The van der Waals surface area contributed by atoms with E-state index in [4.69, 9.17) is 16.3 Å². The molecule has 0 N–H and O–H groups in total. The van der Waals surface area contributed by atoms with Crippen molar-refractivity contribution in [1.82, 2.24) is 14.8 Å². The SMILES string of the molecule is CCOc1ccc(-n2c(SCC(=O)c3ccc(Cl)cc3)nnc2-c2ccc(C)cc2)cc1. The van der Waals surface area contributed by atoms with Gasteiger partial charge >= 0.3 is 0 Å². The highest BCUT2D eigenvalue weighted by molar-refractivity contribution is 7.99. The number of hydrogen-bond donors (Lipinski definition) is 0. The molecule has 0 bridgehead atoms. The Balaban J connectivity index is 1.66. The van der Waals surface area contributed by atoms with Crippen molar-refractivity contribution in [3.63, 3.8) is 0 Å². The second kappa shape index (κ2) is 10.0. The van der Waals surface area contributed by atoms with Gasteiger partial charge in [0, 0.05) is 21.8 Å². The summed E-state index contributed by atoms with van der Waals surface area (Å²) < 4.78 is 7.55. The summed E-state index contributed by atoms with van der Waals surface area (Å²) in [5.74, 6) is 1.76. The lowest BCUT2D eigenvalue weighted by molar-refractivity contribution is 0.102. The van der Waals surface area contributed by atoms with E-state index in [1.54, 1.807) is 24.3 Å². The molecule has 7 heteroatoms. The standard InChI is InChI=1S/C25H22ClN3O2S/c1-3-31-22-14-12-21(13-15-22)29-24(19-6-4-17(2)5-7-19)27-28-25(29)32-16-23(30)18-8-10-20(26)11-9-18/h4-15H,3,16H2,1-2H3. The summed E-state index contributed by atoms with van der Waals surface area (Å²) in [6.45, 7) is 4.61. The van der Waals surface area contributed by atoms with Crippen LogP contribution in [-0.2, 0) is 0 Å². The first kappa shape index (κ1) is 22.1. The molecule has 4 aromatic rings. The molecule has 0 amide bonds. The Labute approximate surface area is 196 Å². The largest absolute Gasteiger partial charge is 0.494 e. The number of benzene rings is 3. The van der Waals surface area contributed by atoms with Crippen molar-refractivity contribution >= 4 is 29.1 Å². The Hall–Kier alpha value is -3.09. The molecule has 0 unspecified atom stereocenters. The van der Waals surface area contributed by atoms with E-state index < -0.39 is 0 Å². The van der Waals surface area contributed by atoms with Gasteiger partial charge in [-0.2, -0.15) is 0 Å². The normalized spacial score (nSPS) is 10.8. The van der Waals surface area contributed by atoms with Gasteiger partial charge in [-0.3, -0.25) is 9.36 Å². The molecule has 0 radical (unpaired) electrons. The van der Waals surface area contributed by atoms with Gasteiger partial charge in [0.1, 0.15) is 5.75 Å². The Bertz CT molecular complexity index is 1200. The molecular weight excluding hydrogens is 442 g/mol. The summed E-state index contributed by atoms with van der Waals surface area (Å²) in [4.78, 5) is 12.7. The number of carbonyl (C=O) groups is 1. The number of ketones is 1. The lowest BCUT2D eigenvalue weighted by Crippen LogP contribution is -2.05. The molecule has 0 spiro atoms. The minimum Gasteiger partial charge on any atom is -0.494 e. The zero-order valence-corrected chi connectivity index (χ0v) is 19.4. The summed E-state index contributed by atoms with van der Waals surface area (Å²) in [6, 6.07) is 22.8. The monoisotopic (exact) mass is 463 g/mol. The molecule has 0 saturated heterocycles. The number of aromatic nitrogens is 3. The molecule has 4 rings (SSSR count). The Morgan fingerprint density at radius 3 is 2.31 bits per heavy atom. The second-order valence-electron chi connectivity index (χ2n) is 7.15. The van der Waals surface area contributed by atoms with Crippen LogP contribution in [0, 0.1) is 6.92 Å². The van der Waals surface area contributed by atoms with Crippen LogP contribution in [-0.4, -0.2) is 32.9 Å². The lowest BCUT2D eigenvalue weighted by atomic mass is 10.1. The third-order valence-corrected chi connectivity index (χ3v) is 6.03. The van der Waals surface area contributed by atoms with E-state index in [-0.39, 0.29) is 11.5 Å². The first-order valence-electron chi connectivity index (χ1n) is 10.2. The molecule has 0 fully saturated rings. The number of aryl methyl sites for hydroxylation is 1. The Kier molecular flexibility index (Phi) is 6.93. The van der Waals surface area contributed by atoms with Gasteiger partial charge in [0.2, 0.25) is 0 Å². The van der Waals surface area contributed by atoms with E-state index in [1.165, 1.54) is 17.3 Å². The molecule has 0 atom stereocenters. The van der Waals surface area contributed by atoms with Crippen LogP contribution in [0.3, 0.4) is 0 Å². The number of hydrogen-bond acceptors (Lipinski definition) is 5. The first-order chi connectivity index (χ1) is 15.5. The van der Waals surface area contributed by atoms with Crippen LogP contribution in [0.25, 0.3) is 17.1 Å². The van der Waals surface area contributed by atoms with E-state index in [9.17, 15) is 4.79 Å². The minimum absolute atomic E-state index is 0.00444. The fourth-order valence-electron chi connectivity index (χ4n) is 3.19. The number of rotatable bonds is 8. The maximum Gasteiger partial charge on any atom is 0.196 e. The summed E-state index contributed by atoms with van der Waals surface area (Å²) in [5.41, 5.74) is 3.64. The van der Waals surface area contributed by atoms with Crippen molar-refractivity contribution in [2.24, 2.45) is 0 Å². The highest BCUT2D eigenvalue weighted by atomic mass is 35.5. The molecule has 0 aliphatic heterocycles. The summed E-state index contributed by atoms with van der Waals surface area (Å²) in [7, 11) is 0. The highest BCUT2D eigenvalue weighted by Gasteiger charge is 2.18. The van der Waals surface area contributed by atoms with Gasteiger partial charge in [0.15, 0.2) is 16.8 Å². The average molecular weight is 464 g/mol. The molecule has 3 aromatic carbocycles. The van der Waals surface area contributed by atoms with E-state index in [1.807, 2.05) is 66.9 Å². The topological polar surface area (TPSA) is 57.0 Å². The molecule has 1 aromatic heterocycles. The average Bonchev–Trinajstić information content (AvgIpc) is 3.23. The molecule has 1 heterocycles. The van der Waals surface area contributed by atoms with Gasteiger partial charge in [0.05, 0.1) is 12.4 Å². The number of thioether (sulfide) groups is 1. The van der Waals surface area contributed by atoms with Crippen LogP contribution in [0.4, 0.5) is 0 Å². The van der Waals surface area contributed by atoms with Crippen LogP contribution in [0.5, 0.6) is 5.75 Å². The molecule has 0 aliphatic carbocycles. The number of halogens is 1. The van der Waals surface area contributed by atoms with Crippen molar-refractivity contribution in [1.29, 1.82) is 0 Å². The van der Waals surface area contributed by atoms with E-state index in [0.717, 1.165) is 22.8 Å². The molecule has 162 valence electrons. The number of nitrogens with zero attached hydrogens (tertiary/aromatic N) is 3. The van der Waals surface area contributed by atoms with Crippen LogP contribution < -0.4 is 4.74 Å². The zero-order valence-electron chi connectivity index (χ0n) is 17.8. The fraction of sp³-hybridized carbons (Fsp3) is 0.160. The van der Waals surface area contributed by atoms with Gasteiger partial charge in [-0.1, -0.05) is 53.2 Å². The van der Waals surface area contributed by atoms with E-state index >= 15 is 0 Å². The van der Waals surface area contributed by atoms with Crippen LogP contribution in [0.2, 0.25) is 5.02 Å². The molecule has 0 aliphatic rings. The molecule has 5 nitrogen and oxygen atoms in total. The predicted molar refractivity (Wildman–Crippen MR) is 129 cm³/mol. The fourth-order valence-corrected chi connectivity index (χ4v) is 4.17. The van der Waals surface area contributed by atoms with Crippen molar-refractivity contribution in [3.05, 3.63) is 88.9 Å². The van der Waals surface area contributed by atoms with Gasteiger partial charge in [0.25, 0.3) is 0 Å². The Morgan fingerprint density at radius 2 is 1.66 bits per heavy atom. The predicted octanol–water partition coefficient (Wildman–Crippen LogP) is 6.27. The van der Waals surface area contributed by atoms with Crippen LogP contribution in [0.15, 0.2) is 78.0 Å². The maximum atomic E-state index is 12.7. The van der Waals surface area contributed by atoms with Crippen molar-refractivity contribution < 1.29 is 9.53 Å². The quantitative estimate of drug-likeness (QED) is 0.227. The Morgan fingerprint density at radius 1 is 0.969 bits per heavy atom. The molecule has 32 heavy (non-hydrogen) atoms. The lowest BCUT2D eigenvalue weighted by Gasteiger charge is -2.11. The van der Waals surface area contributed by atoms with E-state index in [0.29, 0.717) is 22.3 Å². The van der Waals surface area contributed by atoms with Crippen molar-refractivity contribution in [2.45, 2.75) is 19.0 Å². The molecular formula is C25H22ClN3O2S. The number of ether oxygens (including phenoxy) is 1. The van der Waals surface area contributed by atoms with Crippen LogP contribution >= 0.6 is 23.4 Å². The summed E-state index contributed by atoms with van der Waals surface area (Å²) >= 11 is 7.29. The number of Topliss-reactive ketones (excluding diaryl/α,β-unsaturated/α-hetero) is 1. The third-order valence-electron chi connectivity index (χ3n) is 4.85. The number of carbonyl (C=O) groups excluding carboxylic acids is 1. The van der Waals surface area contributed by atoms with Gasteiger partial charge in [-0.05, 0) is 62.4 Å². The van der Waals surface area contributed by atoms with E-state index in [2.05, 4.69) is 10.2 Å².